The third-order valence-corrected chi connectivity index (χ3v) is 6.53. The average Bonchev–Trinajstić information content (AvgIpc) is 3.13. The van der Waals surface area contributed by atoms with Crippen molar-refractivity contribution in [2.75, 3.05) is 32.8 Å². The molecular formula is C18H26N4O3S. The van der Waals surface area contributed by atoms with Gasteiger partial charge < -0.3 is 20.3 Å². The molecule has 1 aromatic heterocycles. The van der Waals surface area contributed by atoms with Crippen molar-refractivity contribution < 1.29 is 14.3 Å². The molecule has 0 bridgehead atoms. The van der Waals surface area contributed by atoms with E-state index < -0.39 is 0 Å². The summed E-state index contributed by atoms with van der Waals surface area (Å²) in [5, 5.41) is 6.96. The SMILES string of the molecule is O=C(N[C@H]1CCCN(C(=O)C2CCOCC2)C1)c1nc2c(s1)CNCC2. The van der Waals surface area contributed by atoms with Crippen LogP contribution in [0, 0.1) is 5.92 Å². The zero-order valence-electron chi connectivity index (χ0n) is 15.0. The minimum absolute atomic E-state index is 0.0130. The van der Waals surface area contributed by atoms with Gasteiger partial charge in [-0.3, -0.25) is 9.59 Å². The van der Waals surface area contributed by atoms with Gasteiger partial charge in [-0.05, 0) is 25.7 Å². The fourth-order valence-corrected chi connectivity index (χ4v) is 4.95. The van der Waals surface area contributed by atoms with Gasteiger partial charge in [0, 0.05) is 62.7 Å². The topological polar surface area (TPSA) is 83.6 Å². The molecule has 2 saturated heterocycles. The molecule has 0 saturated carbocycles. The number of hydrogen-bond acceptors (Lipinski definition) is 6. The van der Waals surface area contributed by atoms with E-state index in [2.05, 4.69) is 15.6 Å². The third kappa shape index (κ3) is 3.92. The van der Waals surface area contributed by atoms with Crippen LogP contribution in [0.5, 0.6) is 0 Å². The van der Waals surface area contributed by atoms with Crippen molar-refractivity contribution in [3.63, 3.8) is 0 Å². The van der Waals surface area contributed by atoms with Crippen LogP contribution < -0.4 is 10.6 Å². The lowest BCUT2D eigenvalue weighted by atomic mass is 9.96. The lowest BCUT2D eigenvalue weighted by molar-refractivity contribution is -0.139. The number of nitrogens with zero attached hydrogens (tertiary/aromatic N) is 2. The van der Waals surface area contributed by atoms with Gasteiger partial charge in [-0.25, -0.2) is 4.98 Å². The van der Waals surface area contributed by atoms with Crippen molar-refractivity contribution >= 4 is 23.2 Å². The van der Waals surface area contributed by atoms with E-state index in [1.807, 2.05) is 4.90 Å². The quantitative estimate of drug-likeness (QED) is 0.818. The standard InChI is InChI=1S/C18H26N4O3S/c23-16(17-21-14-3-6-19-10-15(14)26-17)20-13-2-1-7-22(11-13)18(24)12-4-8-25-9-5-12/h12-13,19H,1-11H2,(H,20,23)/t13-/m0/s1. The number of thiazole rings is 1. The van der Waals surface area contributed by atoms with E-state index in [1.54, 1.807) is 0 Å². The van der Waals surface area contributed by atoms with Crippen LogP contribution in [-0.4, -0.2) is 60.6 Å². The van der Waals surface area contributed by atoms with Crippen LogP contribution in [0.1, 0.15) is 46.1 Å². The highest BCUT2D eigenvalue weighted by molar-refractivity contribution is 7.13. The number of ether oxygens (including phenoxy) is 1. The zero-order valence-corrected chi connectivity index (χ0v) is 15.8. The van der Waals surface area contributed by atoms with Crippen LogP contribution in [-0.2, 0) is 22.5 Å². The first-order valence-corrected chi connectivity index (χ1v) is 10.4. The Bertz CT molecular complexity index is 648. The van der Waals surface area contributed by atoms with Crippen molar-refractivity contribution in [3.8, 4) is 0 Å². The molecule has 0 unspecified atom stereocenters. The van der Waals surface area contributed by atoms with Crippen LogP contribution in [0.25, 0.3) is 0 Å². The van der Waals surface area contributed by atoms with Gasteiger partial charge in [0.05, 0.1) is 5.69 Å². The first-order valence-electron chi connectivity index (χ1n) is 9.57. The van der Waals surface area contributed by atoms with E-state index in [0.717, 1.165) is 57.4 Å². The summed E-state index contributed by atoms with van der Waals surface area (Å²) < 4.78 is 5.36. The second kappa shape index (κ2) is 8.02. The average molecular weight is 378 g/mol. The molecule has 2 amide bonds. The van der Waals surface area contributed by atoms with E-state index in [4.69, 9.17) is 4.74 Å². The molecule has 3 aliphatic rings. The Morgan fingerprint density at radius 1 is 1.27 bits per heavy atom. The summed E-state index contributed by atoms with van der Waals surface area (Å²) in [6.07, 6.45) is 4.35. The Labute approximate surface area is 157 Å². The molecule has 142 valence electrons. The number of piperidine rings is 1. The molecule has 1 aromatic rings. The summed E-state index contributed by atoms with van der Waals surface area (Å²) in [5.74, 6) is 0.203. The molecular weight excluding hydrogens is 352 g/mol. The maximum Gasteiger partial charge on any atom is 0.280 e. The number of rotatable bonds is 3. The molecule has 1 atom stereocenters. The fourth-order valence-electron chi connectivity index (χ4n) is 3.97. The predicted octanol–water partition coefficient (Wildman–Crippen LogP) is 0.936. The van der Waals surface area contributed by atoms with E-state index >= 15 is 0 Å². The van der Waals surface area contributed by atoms with Gasteiger partial charge >= 0.3 is 0 Å². The number of hydrogen-bond donors (Lipinski definition) is 2. The van der Waals surface area contributed by atoms with Crippen LogP contribution in [0.4, 0.5) is 0 Å². The molecule has 4 rings (SSSR count). The van der Waals surface area contributed by atoms with E-state index in [1.165, 1.54) is 16.2 Å². The number of nitrogens with one attached hydrogen (secondary N) is 2. The highest BCUT2D eigenvalue weighted by Crippen LogP contribution is 2.23. The second-order valence-corrected chi connectivity index (χ2v) is 8.38. The van der Waals surface area contributed by atoms with Crippen LogP contribution in [0.3, 0.4) is 0 Å². The minimum atomic E-state index is -0.102. The Hall–Kier alpha value is -1.51. The zero-order chi connectivity index (χ0) is 17.9. The number of aromatic nitrogens is 1. The van der Waals surface area contributed by atoms with Gasteiger partial charge in [0.2, 0.25) is 5.91 Å². The van der Waals surface area contributed by atoms with Gasteiger partial charge in [-0.15, -0.1) is 11.3 Å². The van der Waals surface area contributed by atoms with Gasteiger partial charge in [0.1, 0.15) is 0 Å². The maximum absolute atomic E-state index is 12.7. The minimum Gasteiger partial charge on any atom is -0.381 e. The third-order valence-electron chi connectivity index (χ3n) is 5.44. The Kier molecular flexibility index (Phi) is 5.52. The first-order chi connectivity index (χ1) is 12.7. The Morgan fingerprint density at radius 2 is 2.12 bits per heavy atom. The van der Waals surface area contributed by atoms with E-state index in [9.17, 15) is 9.59 Å². The van der Waals surface area contributed by atoms with Gasteiger partial charge in [0.25, 0.3) is 5.91 Å². The molecule has 4 heterocycles. The summed E-state index contributed by atoms with van der Waals surface area (Å²) in [5.41, 5.74) is 1.05. The number of amides is 2. The molecule has 0 aliphatic carbocycles. The van der Waals surface area contributed by atoms with E-state index in [0.29, 0.717) is 24.8 Å². The summed E-state index contributed by atoms with van der Waals surface area (Å²) in [6.45, 7) is 4.47. The number of fused-ring (bicyclic) bond motifs is 1. The lowest BCUT2D eigenvalue weighted by Crippen LogP contribution is -2.51. The van der Waals surface area contributed by atoms with Crippen molar-refractivity contribution in [2.45, 2.75) is 44.7 Å². The molecule has 0 aromatic carbocycles. The normalized spacial score (nSPS) is 24.2. The summed E-state index contributed by atoms with van der Waals surface area (Å²) in [6, 6.07) is 0.0130. The Morgan fingerprint density at radius 3 is 2.92 bits per heavy atom. The fraction of sp³-hybridized carbons (Fsp3) is 0.722. The second-order valence-electron chi connectivity index (χ2n) is 7.30. The van der Waals surface area contributed by atoms with Gasteiger partial charge in [0.15, 0.2) is 5.01 Å². The van der Waals surface area contributed by atoms with Gasteiger partial charge in [-0.1, -0.05) is 0 Å². The van der Waals surface area contributed by atoms with Crippen molar-refractivity contribution in [3.05, 3.63) is 15.6 Å². The van der Waals surface area contributed by atoms with Gasteiger partial charge in [-0.2, -0.15) is 0 Å². The molecule has 2 N–H and O–H groups in total. The maximum atomic E-state index is 12.7. The molecule has 26 heavy (non-hydrogen) atoms. The summed E-state index contributed by atoms with van der Waals surface area (Å²) in [7, 11) is 0. The van der Waals surface area contributed by atoms with E-state index in [-0.39, 0.29) is 23.8 Å². The predicted molar refractivity (Wildman–Crippen MR) is 98.1 cm³/mol. The summed E-state index contributed by atoms with van der Waals surface area (Å²) in [4.78, 5) is 32.9. The molecule has 7 nitrogen and oxygen atoms in total. The summed E-state index contributed by atoms with van der Waals surface area (Å²) >= 11 is 1.48. The number of carbonyl (C=O) groups is 2. The Balaban J connectivity index is 1.34. The highest BCUT2D eigenvalue weighted by atomic mass is 32.1. The molecule has 3 aliphatic heterocycles. The van der Waals surface area contributed by atoms with Crippen LogP contribution >= 0.6 is 11.3 Å². The monoisotopic (exact) mass is 378 g/mol. The highest BCUT2D eigenvalue weighted by Gasteiger charge is 2.31. The lowest BCUT2D eigenvalue weighted by Gasteiger charge is -2.36. The van der Waals surface area contributed by atoms with Crippen LogP contribution in [0.2, 0.25) is 0 Å². The molecule has 2 fully saturated rings. The first kappa shape index (κ1) is 17.9. The number of likely N-dealkylation sites (tertiary alicyclic amines) is 1. The molecule has 8 heteroatoms. The molecule has 0 radical (unpaired) electrons. The van der Waals surface area contributed by atoms with Crippen LogP contribution in [0.15, 0.2) is 0 Å². The molecule has 0 spiro atoms. The number of carbonyl (C=O) groups excluding carboxylic acids is 2. The van der Waals surface area contributed by atoms with Crippen molar-refractivity contribution in [2.24, 2.45) is 5.92 Å². The smallest absolute Gasteiger partial charge is 0.280 e. The van der Waals surface area contributed by atoms with Crippen molar-refractivity contribution in [1.29, 1.82) is 0 Å². The largest absolute Gasteiger partial charge is 0.381 e. The van der Waals surface area contributed by atoms with Crippen molar-refractivity contribution in [1.82, 2.24) is 20.5 Å².